The molecule has 8 nitrogen and oxygen atoms in total. The number of amides is 1. The van der Waals surface area contributed by atoms with Crippen LogP contribution in [0.3, 0.4) is 0 Å². The summed E-state index contributed by atoms with van der Waals surface area (Å²) in [5.41, 5.74) is -0.678. The van der Waals surface area contributed by atoms with E-state index in [0.717, 1.165) is 23.9 Å². The Morgan fingerprint density at radius 2 is 1.76 bits per heavy atom. The van der Waals surface area contributed by atoms with Gasteiger partial charge >= 0.3 is 5.69 Å². The third-order valence-electron chi connectivity index (χ3n) is 3.14. The van der Waals surface area contributed by atoms with Crippen molar-refractivity contribution in [3.8, 4) is 0 Å². The van der Waals surface area contributed by atoms with Gasteiger partial charge < -0.3 is 5.32 Å². The molecular formula is C15H12FN3O5S. The lowest BCUT2D eigenvalue weighted by Gasteiger charge is -2.12. The Kier molecular flexibility index (Phi) is 5.65. The molecule has 1 atom stereocenters. The molecule has 0 aliphatic rings. The van der Waals surface area contributed by atoms with E-state index < -0.39 is 32.5 Å². The van der Waals surface area contributed by atoms with Crippen LogP contribution in [0.2, 0.25) is 0 Å². The van der Waals surface area contributed by atoms with Crippen molar-refractivity contribution >= 4 is 34.7 Å². The third kappa shape index (κ3) is 4.73. The summed E-state index contributed by atoms with van der Waals surface area (Å²) < 4.78 is 13.3. The molecule has 130 valence electrons. The van der Waals surface area contributed by atoms with E-state index >= 15 is 0 Å². The molecular weight excluding hydrogens is 353 g/mol. The van der Waals surface area contributed by atoms with Crippen molar-refractivity contribution in [2.45, 2.75) is 17.1 Å². The van der Waals surface area contributed by atoms with Gasteiger partial charge in [-0.05, 0) is 31.2 Å². The van der Waals surface area contributed by atoms with Crippen LogP contribution < -0.4 is 5.32 Å². The van der Waals surface area contributed by atoms with Crippen LogP contribution >= 0.6 is 11.8 Å². The van der Waals surface area contributed by atoms with Crippen molar-refractivity contribution in [3.63, 3.8) is 0 Å². The minimum Gasteiger partial charge on any atom is -0.325 e. The highest BCUT2D eigenvalue weighted by atomic mass is 32.2. The average Bonchev–Trinajstić information content (AvgIpc) is 2.56. The number of halogens is 1. The number of hydrogen-bond acceptors (Lipinski definition) is 6. The lowest BCUT2D eigenvalue weighted by atomic mass is 10.2. The van der Waals surface area contributed by atoms with Gasteiger partial charge in [-0.15, -0.1) is 11.8 Å². The van der Waals surface area contributed by atoms with Gasteiger partial charge in [-0.1, -0.05) is 0 Å². The number of nitrogens with one attached hydrogen (secondary N) is 1. The van der Waals surface area contributed by atoms with E-state index in [0.29, 0.717) is 4.90 Å². The Morgan fingerprint density at radius 3 is 2.32 bits per heavy atom. The Bertz CT molecular complexity index is 828. The highest BCUT2D eigenvalue weighted by molar-refractivity contribution is 8.00. The zero-order valence-corrected chi connectivity index (χ0v) is 13.7. The highest BCUT2D eigenvalue weighted by Crippen LogP contribution is 2.27. The summed E-state index contributed by atoms with van der Waals surface area (Å²) in [5.74, 6) is -1.43. The first-order valence-corrected chi connectivity index (χ1v) is 7.82. The Hall–Kier alpha value is -3.01. The lowest BCUT2D eigenvalue weighted by Crippen LogP contribution is -2.22. The number of rotatable bonds is 6. The van der Waals surface area contributed by atoms with Gasteiger partial charge in [0.1, 0.15) is 0 Å². The molecule has 2 aromatic carbocycles. The van der Waals surface area contributed by atoms with E-state index in [4.69, 9.17) is 0 Å². The number of hydrogen-bond donors (Lipinski definition) is 1. The summed E-state index contributed by atoms with van der Waals surface area (Å²) in [7, 11) is 0. The van der Waals surface area contributed by atoms with Crippen LogP contribution in [0, 0.1) is 26.0 Å². The molecule has 2 rings (SSSR count). The third-order valence-corrected chi connectivity index (χ3v) is 4.25. The molecule has 1 unspecified atom stereocenters. The van der Waals surface area contributed by atoms with E-state index in [-0.39, 0.29) is 11.4 Å². The first kappa shape index (κ1) is 18.3. The van der Waals surface area contributed by atoms with Crippen LogP contribution in [0.1, 0.15) is 6.92 Å². The predicted molar refractivity (Wildman–Crippen MR) is 90.1 cm³/mol. The maximum atomic E-state index is 13.3. The van der Waals surface area contributed by atoms with Crippen LogP contribution in [0.4, 0.5) is 21.5 Å². The monoisotopic (exact) mass is 365 g/mol. The van der Waals surface area contributed by atoms with Crippen LogP contribution in [0.15, 0.2) is 47.4 Å². The van der Waals surface area contributed by atoms with Crippen molar-refractivity contribution < 1.29 is 19.0 Å². The molecule has 0 saturated carbocycles. The van der Waals surface area contributed by atoms with Crippen LogP contribution in [-0.2, 0) is 4.79 Å². The summed E-state index contributed by atoms with van der Waals surface area (Å²) in [5, 5.41) is 23.2. The molecule has 0 spiro atoms. The number of nitro benzene ring substituents is 2. The second-order valence-corrected chi connectivity index (χ2v) is 6.34. The molecule has 1 N–H and O–H groups in total. The van der Waals surface area contributed by atoms with Crippen molar-refractivity contribution in [3.05, 3.63) is 68.5 Å². The van der Waals surface area contributed by atoms with E-state index in [1.807, 2.05) is 0 Å². The van der Waals surface area contributed by atoms with E-state index in [1.165, 1.54) is 30.3 Å². The summed E-state index contributed by atoms with van der Waals surface area (Å²) >= 11 is 1.16. The number of benzene rings is 2. The summed E-state index contributed by atoms with van der Waals surface area (Å²) in [6, 6.07) is 8.78. The van der Waals surface area contributed by atoms with Crippen molar-refractivity contribution in [1.82, 2.24) is 0 Å². The largest absolute Gasteiger partial charge is 0.325 e. The van der Waals surface area contributed by atoms with Crippen LogP contribution in [0.25, 0.3) is 0 Å². The van der Waals surface area contributed by atoms with Crippen molar-refractivity contribution in [2.75, 3.05) is 5.32 Å². The zero-order chi connectivity index (χ0) is 18.6. The quantitative estimate of drug-likeness (QED) is 0.473. The summed E-state index contributed by atoms with van der Waals surface area (Å²) in [6.07, 6.45) is 0. The smallest absolute Gasteiger partial charge is 0.306 e. The molecule has 0 heterocycles. The number of non-ortho nitro benzene ring substituents is 1. The predicted octanol–water partition coefficient (Wildman–Crippen LogP) is 3.76. The second kappa shape index (κ2) is 7.71. The van der Waals surface area contributed by atoms with Gasteiger partial charge in [0.15, 0.2) is 0 Å². The van der Waals surface area contributed by atoms with E-state index in [9.17, 15) is 29.4 Å². The molecule has 0 saturated heterocycles. The minimum atomic E-state index is -0.990. The molecule has 0 bridgehead atoms. The van der Waals surface area contributed by atoms with Gasteiger partial charge in [-0.2, -0.15) is 4.39 Å². The average molecular weight is 365 g/mol. The lowest BCUT2D eigenvalue weighted by molar-refractivity contribution is -0.387. The number of nitrogens with zero attached hydrogens (tertiary/aromatic N) is 2. The van der Waals surface area contributed by atoms with Gasteiger partial charge in [-0.3, -0.25) is 25.0 Å². The fraction of sp³-hybridized carbons (Fsp3) is 0.133. The number of carbonyl (C=O) groups excluding carboxylic acids is 1. The maximum absolute atomic E-state index is 13.3. The Labute approximate surface area is 145 Å². The number of nitro groups is 2. The fourth-order valence-corrected chi connectivity index (χ4v) is 2.75. The van der Waals surface area contributed by atoms with Crippen LogP contribution in [-0.4, -0.2) is 21.0 Å². The summed E-state index contributed by atoms with van der Waals surface area (Å²) in [6.45, 7) is 1.61. The van der Waals surface area contributed by atoms with Crippen LogP contribution in [0.5, 0.6) is 0 Å². The standard InChI is InChI=1S/C15H12FN3O5S/c1-9(25-12-5-3-11(4-6-12)18(21)22)15(20)17-10-2-7-13(16)14(8-10)19(23)24/h2-9H,1H3,(H,17,20). The normalized spacial score (nSPS) is 11.6. The minimum absolute atomic E-state index is 0.0555. The first-order chi connectivity index (χ1) is 11.8. The van der Waals surface area contributed by atoms with Crippen molar-refractivity contribution in [2.24, 2.45) is 0 Å². The molecule has 0 aromatic heterocycles. The first-order valence-electron chi connectivity index (χ1n) is 6.94. The van der Waals surface area contributed by atoms with Crippen molar-refractivity contribution in [1.29, 1.82) is 0 Å². The molecule has 0 aliphatic heterocycles. The number of thioether (sulfide) groups is 1. The molecule has 0 radical (unpaired) electrons. The molecule has 0 fully saturated rings. The SMILES string of the molecule is CC(Sc1ccc([N+](=O)[O-])cc1)C(=O)Nc1ccc(F)c([N+](=O)[O-])c1. The maximum Gasteiger partial charge on any atom is 0.306 e. The molecule has 1 amide bonds. The van der Waals surface area contributed by atoms with E-state index in [1.54, 1.807) is 6.92 Å². The molecule has 0 aliphatic carbocycles. The van der Waals surface area contributed by atoms with Gasteiger partial charge in [-0.25, -0.2) is 0 Å². The Balaban J connectivity index is 2.04. The zero-order valence-electron chi connectivity index (χ0n) is 12.8. The van der Waals surface area contributed by atoms with Gasteiger partial charge in [0.25, 0.3) is 5.69 Å². The molecule has 25 heavy (non-hydrogen) atoms. The van der Waals surface area contributed by atoms with Gasteiger partial charge in [0.2, 0.25) is 11.7 Å². The second-order valence-electron chi connectivity index (χ2n) is 4.92. The molecule has 10 heteroatoms. The highest BCUT2D eigenvalue weighted by Gasteiger charge is 2.18. The fourth-order valence-electron chi connectivity index (χ4n) is 1.88. The van der Waals surface area contributed by atoms with Gasteiger partial charge in [0, 0.05) is 28.8 Å². The topological polar surface area (TPSA) is 115 Å². The number of anilines is 1. The molecule has 2 aromatic rings. The van der Waals surface area contributed by atoms with Gasteiger partial charge in [0.05, 0.1) is 15.1 Å². The summed E-state index contributed by atoms with van der Waals surface area (Å²) in [4.78, 5) is 32.7. The van der Waals surface area contributed by atoms with E-state index in [2.05, 4.69) is 5.32 Å². The number of carbonyl (C=O) groups is 1. The Morgan fingerprint density at radius 1 is 1.12 bits per heavy atom.